The molecule has 0 amide bonds. The number of esters is 1. The van der Waals surface area contributed by atoms with E-state index >= 15 is 0 Å². The van der Waals surface area contributed by atoms with E-state index in [4.69, 9.17) is 4.74 Å². The van der Waals surface area contributed by atoms with Crippen LogP contribution in [0.25, 0.3) is 0 Å². The average molecular weight is 352 g/mol. The highest BCUT2D eigenvalue weighted by Gasteiger charge is 2.21. The van der Waals surface area contributed by atoms with E-state index < -0.39 is 0 Å². The fourth-order valence-electron chi connectivity index (χ4n) is 3.54. The van der Waals surface area contributed by atoms with E-state index in [9.17, 15) is 4.79 Å². The molecule has 1 aliphatic rings. The van der Waals surface area contributed by atoms with Crippen LogP contribution < -0.4 is 10.6 Å². The molecule has 2 unspecified atom stereocenters. The number of methoxy groups -OCH3 is 1. The summed E-state index contributed by atoms with van der Waals surface area (Å²) >= 11 is 0. The van der Waals surface area contributed by atoms with Gasteiger partial charge in [0.1, 0.15) is 0 Å². The summed E-state index contributed by atoms with van der Waals surface area (Å²) in [5.74, 6) is -0.203. The lowest BCUT2D eigenvalue weighted by atomic mass is 9.94. The number of nitrogens with one attached hydrogen (secondary N) is 2. The van der Waals surface area contributed by atoms with Crippen molar-refractivity contribution in [3.63, 3.8) is 0 Å². The van der Waals surface area contributed by atoms with Crippen LogP contribution in [-0.4, -0.2) is 31.7 Å². The Morgan fingerprint density at radius 3 is 2.62 bits per heavy atom. The molecule has 1 fully saturated rings. The van der Waals surface area contributed by atoms with E-state index in [0.717, 1.165) is 37.1 Å². The Morgan fingerprint density at radius 1 is 1.12 bits per heavy atom. The van der Waals surface area contributed by atoms with Gasteiger partial charge in [0, 0.05) is 17.8 Å². The van der Waals surface area contributed by atoms with Gasteiger partial charge in [-0.2, -0.15) is 0 Å². The molecule has 0 aliphatic carbocycles. The number of anilines is 1. The number of aryl methyl sites for hydroxylation is 1. The zero-order chi connectivity index (χ0) is 18.2. The highest BCUT2D eigenvalue weighted by molar-refractivity contribution is 5.72. The van der Waals surface area contributed by atoms with Gasteiger partial charge in [-0.1, -0.05) is 42.5 Å². The van der Waals surface area contributed by atoms with Crippen LogP contribution in [0, 0.1) is 0 Å². The van der Waals surface area contributed by atoms with Crippen molar-refractivity contribution < 1.29 is 9.53 Å². The second-order valence-electron chi connectivity index (χ2n) is 6.99. The summed E-state index contributed by atoms with van der Waals surface area (Å²) in [5, 5.41) is 7.30. The largest absolute Gasteiger partial charge is 0.469 e. The highest BCUT2D eigenvalue weighted by atomic mass is 16.5. The molecule has 1 saturated heterocycles. The quantitative estimate of drug-likeness (QED) is 0.748. The smallest absolute Gasteiger partial charge is 0.309 e. The number of hydrogen-bond donors (Lipinski definition) is 2. The molecule has 0 spiro atoms. The molecule has 1 aliphatic heterocycles. The van der Waals surface area contributed by atoms with Crippen LogP contribution in [0.1, 0.15) is 30.4 Å². The van der Waals surface area contributed by atoms with Crippen molar-refractivity contribution in [1.29, 1.82) is 0 Å². The molecule has 1 heterocycles. The topological polar surface area (TPSA) is 50.4 Å². The Morgan fingerprint density at radius 2 is 1.88 bits per heavy atom. The van der Waals surface area contributed by atoms with Crippen LogP contribution in [0.2, 0.25) is 0 Å². The van der Waals surface area contributed by atoms with Gasteiger partial charge in [-0.25, -0.2) is 0 Å². The van der Waals surface area contributed by atoms with Crippen LogP contribution in [0.5, 0.6) is 0 Å². The molecular weight excluding hydrogens is 324 g/mol. The Labute approximate surface area is 156 Å². The standard InChI is InChI=1S/C22H28N2O2/c1-26-22(25)15-18-8-10-19(11-9-18)24-21-13-14-23-20(16-21)12-7-17-5-3-2-4-6-17/h2-6,8-11,20-21,23-24H,7,12-16H2,1H3. The summed E-state index contributed by atoms with van der Waals surface area (Å²) in [6, 6.07) is 19.8. The predicted octanol–water partition coefficient (Wildman–Crippen LogP) is 3.57. The molecule has 2 N–H and O–H groups in total. The van der Waals surface area contributed by atoms with Gasteiger partial charge in [0.05, 0.1) is 13.5 Å². The first-order valence-electron chi connectivity index (χ1n) is 9.42. The molecule has 138 valence electrons. The summed E-state index contributed by atoms with van der Waals surface area (Å²) in [5.41, 5.74) is 3.51. The molecule has 0 radical (unpaired) electrons. The lowest BCUT2D eigenvalue weighted by Crippen LogP contribution is -2.43. The number of rotatable bonds is 7. The van der Waals surface area contributed by atoms with Gasteiger partial charge < -0.3 is 15.4 Å². The van der Waals surface area contributed by atoms with Crippen molar-refractivity contribution in [1.82, 2.24) is 5.32 Å². The van der Waals surface area contributed by atoms with Crippen molar-refractivity contribution in [2.45, 2.75) is 44.2 Å². The average Bonchev–Trinajstić information content (AvgIpc) is 2.69. The van der Waals surface area contributed by atoms with Crippen molar-refractivity contribution in [2.24, 2.45) is 0 Å². The van der Waals surface area contributed by atoms with Crippen LogP contribution in [0.15, 0.2) is 54.6 Å². The van der Waals surface area contributed by atoms with Gasteiger partial charge in [0.15, 0.2) is 0 Å². The number of piperidine rings is 1. The Kier molecular flexibility index (Phi) is 6.67. The molecule has 3 rings (SSSR count). The molecule has 4 heteroatoms. The summed E-state index contributed by atoms with van der Waals surface area (Å²) < 4.78 is 4.71. The molecule has 4 nitrogen and oxygen atoms in total. The number of carbonyl (C=O) groups excluding carboxylic acids is 1. The van der Waals surface area contributed by atoms with Gasteiger partial charge in [0.25, 0.3) is 0 Å². The van der Waals surface area contributed by atoms with Gasteiger partial charge in [-0.05, 0) is 55.5 Å². The minimum absolute atomic E-state index is 0.203. The third-order valence-electron chi connectivity index (χ3n) is 5.02. The molecule has 2 atom stereocenters. The van der Waals surface area contributed by atoms with Crippen LogP contribution in [0.3, 0.4) is 0 Å². The van der Waals surface area contributed by atoms with E-state index in [1.165, 1.54) is 19.1 Å². The lowest BCUT2D eigenvalue weighted by Gasteiger charge is -2.31. The lowest BCUT2D eigenvalue weighted by molar-refractivity contribution is -0.139. The fraction of sp³-hybridized carbons (Fsp3) is 0.409. The van der Waals surface area contributed by atoms with Crippen LogP contribution in [-0.2, 0) is 22.4 Å². The summed E-state index contributed by atoms with van der Waals surface area (Å²) in [7, 11) is 1.42. The summed E-state index contributed by atoms with van der Waals surface area (Å²) in [4.78, 5) is 11.3. The third kappa shape index (κ3) is 5.60. The highest BCUT2D eigenvalue weighted by Crippen LogP contribution is 2.19. The molecule has 0 saturated carbocycles. The van der Waals surface area contributed by atoms with E-state index in [1.54, 1.807) is 0 Å². The number of benzene rings is 2. The van der Waals surface area contributed by atoms with Gasteiger partial charge >= 0.3 is 5.97 Å². The maximum absolute atomic E-state index is 11.3. The second kappa shape index (κ2) is 9.39. The van der Waals surface area contributed by atoms with E-state index in [2.05, 4.69) is 53.1 Å². The molecule has 26 heavy (non-hydrogen) atoms. The fourth-order valence-corrected chi connectivity index (χ4v) is 3.54. The molecular formula is C22H28N2O2. The van der Waals surface area contributed by atoms with Crippen LogP contribution >= 0.6 is 0 Å². The maximum Gasteiger partial charge on any atom is 0.309 e. The van der Waals surface area contributed by atoms with Crippen molar-refractivity contribution in [3.8, 4) is 0 Å². The second-order valence-corrected chi connectivity index (χ2v) is 6.99. The molecule has 0 bridgehead atoms. The van der Waals surface area contributed by atoms with Gasteiger partial charge in [-0.3, -0.25) is 4.79 Å². The Bertz CT molecular complexity index is 685. The predicted molar refractivity (Wildman–Crippen MR) is 105 cm³/mol. The van der Waals surface area contributed by atoms with E-state index in [1.807, 2.05) is 12.1 Å². The molecule has 2 aromatic carbocycles. The Balaban J connectivity index is 1.47. The number of hydrogen-bond acceptors (Lipinski definition) is 4. The first kappa shape index (κ1) is 18.5. The first-order valence-corrected chi connectivity index (χ1v) is 9.42. The monoisotopic (exact) mass is 352 g/mol. The maximum atomic E-state index is 11.3. The minimum atomic E-state index is -0.203. The van der Waals surface area contributed by atoms with Crippen molar-refractivity contribution in [2.75, 3.05) is 19.0 Å². The Hall–Kier alpha value is -2.33. The summed E-state index contributed by atoms with van der Waals surface area (Å²) in [6.07, 6.45) is 4.88. The first-order chi connectivity index (χ1) is 12.7. The van der Waals surface area contributed by atoms with Gasteiger partial charge in [0.2, 0.25) is 0 Å². The van der Waals surface area contributed by atoms with Crippen molar-refractivity contribution >= 4 is 11.7 Å². The summed E-state index contributed by atoms with van der Waals surface area (Å²) in [6.45, 7) is 1.05. The molecule has 0 aromatic heterocycles. The SMILES string of the molecule is COC(=O)Cc1ccc(NC2CCNC(CCc3ccccc3)C2)cc1. The van der Waals surface area contributed by atoms with E-state index in [0.29, 0.717) is 18.5 Å². The number of ether oxygens (including phenoxy) is 1. The third-order valence-corrected chi connectivity index (χ3v) is 5.02. The van der Waals surface area contributed by atoms with Crippen molar-refractivity contribution in [3.05, 3.63) is 65.7 Å². The zero-order valence-corrected chi connectivity index (χ0v) is 15.4. The van der Waals surface area contributed by atoms with E-state index in [-0.39, 0.29) is 5.97 Å². The van der Waals surface area contributed by atoms with Gasteiger partial charge in [-0.15, -0.1) is 0 Å². The zero-order valence-electron chi connectivity index (χ0n) is 15.4. The minimum Gasteiger partial charge on any atom is -0.469 e. The van der Waals surface area contributed by atoms with Crippen LogP contribution in [0.4, 0.5) is 5.69 Å². The number of carbonyl (C=O) groups is 1. The molecule has 2 aromatic rings. The normalized spacial score (nSPS) is 19.7.